The molecule has 3 aromatic carbocycles. The van der Waals surface area contributed by atoms with Gasteiger partial charge in [-0.05, 0) is 66.7 Å². The van der Waals surface area contributed by atoms with Crippen molar-refractivity contribution in [2.24, 2.45) is 0 Å². The molecule has 0 radical (unpaired) electrons. The minimum atomic E-state index is -0.332. The number of benzene rings is 3. The number of anilines is 2. The van der Waals surface area contributed by atoms with Crippen molar-refractivity contribution in [2.75, 3.05) is 17.7 Å². The molecule has 142 valence electrons. The highest BCUT2D eigenvalue weighted by molar-refractivity contribution is 9.10. The molecule has 0 fully saturated rings. The van der Waals surface area contributed by atoms with Crippen LogP contribution in [0.4, 0.5) is 11.4 Å². The maximum Gasteiger partial charge on any atom is 0.257 e. The van der Waals surface area contributed by atoms with Crippen LogP contribution in [0.3, 0.4) is 0 Å². The fourth-order valence-corrected chi connectivity index (χ4v) is 3.02. The van der Waals surface area contributed by atoms with Gasteiger partial charge in [0.15, 0.2) is 0 Å². The van der Waals surface area contributed by atoms with Gasteiger partial charge in [-0.2, -0.15) is 0 Å². The number of hydrogen-bond acceptors (Lipinski definition) is 3. The monoisotopic (exact) mass is 458 g/mol. The summed E-state index contributed by atoms with van der Waals surface area (Å²) in [6.07, 6.45) is 0. The van der Waals surface area contributed by atoms with Crippen molar-refractivity contribution in [2.45, 2.75) is 0 Å². The van der Waals surface area contributed by atoms with Crippen molar-refractivity contribution in [3.05, 3.63) is 87.4 Å². The third-order valence-corrected chi connectivity index (χ3v) is 4.75. The quantitative estimate of drug-likeness (QED) is 0.521. The number of nitrogens with one attached hydrogen (secondary N) is 2. The van der Waals surface area contributed by atoms with Crippen molar-refractivity contribution < 1.29 is 14.3 Å². The second-order valence-electron chi connectivity index (χ2n) is 5.84. The average molecular weight is 460 g/mol. The first-order chi connectivity index (χ1) is 13.5. The molecule has 2 amide bonds. The maximum atomic E-state index is 12.4. The number of amides is 2. The van der Waals surface area contributed by atoms with Gasteiger partial charge in [0.2, 0.25) is 0 Å². The normalized spacial score (nSPS) is 10.2. The first-order valence-electron chi connectivity index (χ1n) is 8.28. The smallest absolute Gasteiger partial charge is 0.257 e. The van der Waals surface area contributed by atoms with Gasteiger partial charge in [0, 0.05) is 21.4 Å². The molecule has 5 nitrogen and oxygen atoms in total. The zero-order valence-electron chi connectivity index (χ0n) is 14.8. The summed E-state index contributed by atoms with van der Waals surface area (Å²) in [5.74, 6) is 0.128. The van der Waals surface area contributed by atoms with Crippen LogP contribution in [0.2, 0.25) is 5.02 Å². The molecule has 28 heavy (non-hydrogen) atoms. The summed E-state index contributed by atoms with van der Waals surface area (Å²) in [6.45, 7) is 0. The van der Waals surface area contributed by atoms with E-state index >= 15 is 0 Å². The van der Waals surface area contributed by atoms with Gasteiger partial charge in [-0.15, -0.1) is 0 Å². The second-order valence-corrected chi connectivity index (χ2v) is 7.16. The van der Waals surface area contributed by atoms with Crippen molar-refractivity contribution in [3.63, 3.8) is 0 Å². The fraction of sp³-hybridized carbons (Fsp3) is 0.0476. The predicted molar refractivity (Wildman–Crippen MR) is 114 cm³/mol. The lowest BCUT2D eigenvalue weighted by molar-refractivity contribution is 0.102. The lowest BCUT2D eigenvalue weighted by atomic mass is 10.1. The minimum Gasteiger partial charge on any atom is -0.497 e. The molecule has 0 aliphatic rings. The molecule has 2 N–H and O–H groups in total. The van der Waals surface area contributed by atoms with Crippen LogP contribution in [-0.4, -0.2) is 18.9 Å². The summed E-state index contributed by atoms with van der Waals surface area (Å²) < 4.78 is 5.85. The number of methoxy groups -OCH3 is 1. The van der Waals surface area contributed by atoms with Gasteiger partial charge in [0.25, 0.3) is 11.8 Å². The van der Waals surface area contributed by atoms with E-state index in [1.807, 2.05) is 0 Å². The Hall–Kier alpha value is -2.83. The lowest BCUT2D eigenvalue weighted by Gasteiger charge is -2.09. The molecule has 0 saturated carbocycles. The van der Waals surface area contributed by atoms with E-state index in [2.05, 4.69) is 26.6 Å². The van der Waals surface area contributed by atoms with E-state index in [0.717, 1.165) is 4.47 Å². The van der Waals surface area contributed by atoms with Crippen LogP contribution >= 0.6 is 27.5 Å². The molecule has 0 aliphatic carbocycles. The van der Waals surface area contributed by atoms with Gasteiger partial charge in [-0.3, -0.25) is 9.59 Å². The minimum absolute atomic E-state index is 0.252. The number of ether oxygens (including phenoxy) is 1. The van der Waals surface area contributed by atoms with Gasteiger partial charge in [-0.25, -0.2) is 0 Å². The summed E-state index contributed by atoms with van der Waals surface area (Å²) in [5.41, 5.74) is 2.04. The average Bonchev–Trinajstić information content (AvgIpc) is 2.70. The number of halogens is 2. The molecule has 0 saturated heterocycles. The summed E-state index contributed by atoms with van der Waals surface area (Å²) >= 11 is 9.40. The Bertz CT molecular complexity index is 1010. The number of carbonyl (C=O) groups excluding carboxylic acids is 2. The molecule has 7 heteroatoms. The van der Waals surface area contributed by atoms with Gasteiger partial charge in [-0.1, -0.05) is 27.5 Å². The van der Waals surface area contributed by atoms with Crippen LogP contribution in [0.25, 0.3) is 0 Å². The van der Waals surface area contributed by atoms with E-state index in [1.54, 1.807) is 73.8 Å². The molecule has 3 aromatic rings. The first kappa shape index (κ1) is 19.9. The summed E-state index contributed by atoms with van der Waals surface area (Å²) in [6, 6.07) is 18.7. The number of rotatable bonds is 5. The molecule has 3 rings (SSSR count). The predicted octanol–water partition coefficient (Wildman–Crippen LogP) is 5.62. The van der Waals surface area contributed by atoms with Gasteiger partial charge in [0.05, 0.1) is 17.7 Å². The SMILES string of the molecule is COc1ccc(NC(=O)c2ccc(NC(=O)c3cc(Br)ccc3Cl)cc2)cc1. The topological polar surface area (TPSA) is 67.4 Å². The Kier molecular flexibility index (Phi) is 6.34. The lowest BCUT2D eigenvalue weighted by Crippen LogP contribution is -2.14. The molecular formula is C21H16BrClN2O3. The Morgan fingerprint density at radius 2 is 1.43 bits per heavy atom. The summed E-state index contributed by atoms with van der Waals surface area (Å²) in [7, 11) is 1.58. The molecule has 0 heterocycles. The van der Waals surface area contributed by atoms with E-state index in [0.29, 0.717) is 33.3 Å². The fourth-order valence-electron chi connectivity index (χ4n) is 2.45. The zero-order valence-corrected chi connectivity index (χ0v) is 17.2. The molecule has 0 spiro atoms. The zero-order chi connectivity index (χ0) is 20.1. The van der Waals surface area contributed by atoms with Crippen molar-refractivity contribution >= 4 is 50.7 Å². The molecule has 0 bridgehead atoms. The third-order valence-electron chi connectivity index (χ3n) is 3.93. The standard InChI is InChI=1S/C21H16BrClN2O3/c1-28-17-9-7-16(8-10-17)24-20(26)13-2-5-15(6-3-13)25-21(27)18-12-14(22)4-11-19(18)23/h2-12H,1H3,(H,24,26)(H,25,27). The van der Waals surface area contributed by atoms with Crippen LogP contribution in [0.5, 0.6) is 5.75 Å². The third kappa shape index (κ3) is 4.91. The molecule has 0 aromatic heterocycles. The molecular weight excluding hydrogens is 444 g/mol. The van der Waals surface area contributed by atoms with Crippen LogP contribution in [0.1, 0.15) is 20.7 Å². The van der Waals surface area contributed by atoms with Crippen molar-refractivity contribution in [3.8, 4) is 5.75 Å². The van der Waals surface area contributed by atoms with E-state index in [1.165, 1.54) is 0 Å². The number of carbonyl (C=O) groups is 2. The van der Waals surface area contributed by atoms with Crippen molar-refractivity contribution in [1.82, 2.24) is 0 Å². The highest BCUT2D eigenvalue weighted by Gasteiger charge is 2.12. The molecule has 0 atom stereocenters. The van der Waals surface area contributed by atoms with E-state index in [4.69, 9.17) is 16.3 Å². The van der Waals surface area contributed by atoms with Crippen LogP contribution < -0.4 is 15.4 Å². The summed E-state index contributed by atoms with van der Waals surface area (Å²) in [5, 5.41) is 5.93. The van der Waals surface area contributed by atoms with Crippen molar-refractivity contribution in [1.29, 1.82) is 0 Å². The first-order valence-corrected chi connectivity index (χ1v) is 9.45. The Labute approximate surface area is 175 Å². The van der Waals surface area contributed by atoms with E-state index in [9.17, 15) is 9.59 Å². The second kappa shape index (κ2) is 8.91. The Balaban J connectivity index is 1.66. The number of hydrogen-bond donors (Lipinski definition) is 2. The van der Waals surface area contributed by atoms with Gasteiger partial charge >= 0.3 is 0 Å². The van der Waals surface area contributed by atoms with Gasteiger partial charge in [0.1, 0.15) is 5.75 Å². The van der Waals surface area contributed by atoms with Crippen LogP contribution in [-0.2, 0) is 0 Å². The van der Waals surface area contributed by atoms with Crippen LogP contribution in [0.15, 0.2) is 71.2 Å². The van der Waals surface area contributed by atoms with Crippen LogP contribution in [0, 0.1) is 0 Å². The molecule has 0 aliphatic heterocycles. The van der Waals surface area contributed by atoms with E-state index < -0.39 is 0 Å². The maximum absolute atomic E-state index is 12.4. The highest BCUT2D eigenvalue weighted by atomic mass is 79.9. The molecule has 0 unspecified atom stereocenters. The Morgan fingerprint density at radius 1 is 0.857 bits per heavy atom. The van der Waals surface area contributed by atoms with E-state index in [-0.39, 0.29) is 11.8 Å². The largest absolute Gasteiger partial charge is 0.497 e. The highest BCUT2D eigenvalue weighted by Crippen LogP contribution is 2.22. The van der Waals surface area contributed by atoms with Gasteiger partial charge < -0.3 is 15.4 Å². The Morgan fingerprint density at radius 3 is 2.04 bits per heavy atom. The summed E-state index contributed by atoms with van der Waals surface area (Å²) in [4.78, 5) is 24.7.